The van der Waals surface area contributed by atoms with E-state index >= 15 is 0 Å². The molecule has 2 aromatic heterocycles. The van der Waals surface area contributed by atoms with Gasteiger partial charge < -0.3 is 20.3 Å². The normalized spacial score (nSPS) is 10.7. The molecule has 2 heterocycles. The lowest BCUT2D eigenvalue weighted by Gasteiger charge is -2.10. The third kappa shape index (κ3) is 2.64. The zero-order chi connectivity index (χ0) is 16.4. The Morgan fingerprint density at radius 1 is 1.22 bits per heavy atom. The van der Waals surface area contributed by atoms with E-state index in [1.165, 1.54) is 0 Å². The molecule has 0 fully saturated rings. The molecule has 0 saturated heterocycles. The first-order valence-electron chi connectivity index (χ1n) is 6.86. The molecule has 0 atom stereocenters. The quantitative estimate of drug-likeness (QED) is 0.749. The van der Waals surface area contributed by atoms with Crippen LogP contribution in [0.4, 0.5) is 5.82 Å². The molecule has 0 aliphatic carbocycles. The van der Waals surface area contributed by atoms with E-state index in [0.29, 0.717) is 28.7 Å². The van der Waals surface area contributed by atoms with Crippen LogP contribution in [0.25, 0.3) is 5.52 Å². The fourth-order valence-corrected chi connectivity index (χ4v) is 2.37. The van der Waals surface area contributed by atoms with E-state index < -0.39 is 5.97 Å². The highest BCUT2D eigenvalue weighted by Gasteiger charge is 2.18. The van der Waals surface area contributed by atoms with Crippen LogP contribution in [0.5, 0.6) is 11.5 Å². The van der Waals surface area contributed by atoms with E-state index in [1.54, 1.807) is 41.8 Å². The number of imidazole rings is 1. The molecule has 3 N–H and O–H groups in total. The summed E-state index contributed by atoms with van der Waals surface area (Å²) >= 11 is 0. The number of hydrogen-bond donors (Lipinski definition) is 2. The number of para-hydroxylation sites is 2. The lowest BCUT2D eigenvalue weighted by molar-refractivity contribution is 0.0693. The number of carboxylic acid groups (broad SMARTS) is 1. The predicted octanol–water partition coefficient (Wildman–Crippen LogP) is 2.20. The van der Waals surface area contributed by atoms with Crippen LogP contribution in [0.15, 0.2) is 42.5 Å². The molecule has 3 rings (SSSR count). The number of rotatable bonds is 5. The topological polar surface area (TPSA) is 99.1 Å². The molecular weight excluding hydrogens is 298 g/mol. The second-order valence-electron chi connectivity index (χ2n) is 4.79. The van der Waals surface area contributed by atoms with E-state index in [-0.39, 0.29) is 12.3 Å². The summed E-state index contributed by atoms with van der Waals surface area (Å²) < 4.78 is 12.5. The number of hydrogen-bond acceptors (Lipinski definition) is 5. The van der Waals surface area contributed by atoms with Gasteiger partial charge in [-0.3, -0.25) is 4.40 Å². The van der Waals surface area contributed by atoms with Crippen molar-refractivity contribution < 1.29 is 19.4 Å². The van der Waals surface area contributed by atoms with Gasteiger partial charge in [0.25, 0.3) is 0 Å². The lowest BCUT2D eigenvalue weighted by atomic mass is 10.3. The van der Waals surface area contributed by atoms with E-state index in [2.05, 4.69) is 4.98 Å². The van der Waals surface area contributed by atoms with Gasteiger partial charge >= 0.3 is 5.97 Å². The molecule has 0 spiro atoms. The molecule has 0 aliphatic rings. The highest BCUT2D eigenvalue weighted by molar-refractivity contribution is 5.94. The van der Waals surface area contributed by atoms with Gasteiger partial charge in [0.15, 0.2) is 23.0 Å². The molecule has 0 radical (unpaired) electrons. The summed E-state index contributed by atoms with van der Waals surface area (Å²) in [5.41, 5.74) is 6.31. The average Bonchev–Trinajstić information content (AvgIpc) is 2.93. The van der Waals surface area contributed by atoms with Crippen LogP contribution in [-0.4, -0.2) is 27.6 Å². The van der Waals surface area contributed by atoms with Crippen molar-refractivity contribution in [3.63, 3.8) is 0 Å². The predicted molar refractivity (Wildman–Crippen MR) is 83.9 cm³/mol. The van der Waals surface area contributed by atoms with Crippen molar-refractivity contribution >= 4 is 17.3 Å². The average molecular weight is 313 g/mol. The summed E-state index contributed by atoms with van der Waals surface area (Å²) in [5, 5.41) is 9.28. The van der Waals surface area contributed by atoms with Crippen LogP contribution >= 0.6 is 0 Å². The molecule has 7 heteroatoms. The van der Waals surface area contributed by atoms with Gasteiger partial charge in [-0.1, -0.05) is 18.2 Å². The molecule has 0 aliphatic heterocycles. The summed E-state index contributed by atoms with van der Waals surface area (Å²) in [7, 11) is 1.55. The Hall–Kier alpha value is -3.22. The molecule has 3 aromatic rings. The van der Waals surface area contributed by atoms with Crippen LogP contribution in [0.2, 0.25) is 0 Å². The van der Waals surface area contributed by atoms with Crippen LogP contribution in [0.1, 0.15) is 16.3 Å². The Balaban J connectivity index is 1.99. The Labute approximate surface area is 131 Å². The molecule has 0 unspecified atom stereocenters. The number of ether oxygens (including phenoxy) is 2. The molecular formula is C16H15N3O4. The number of fused-ring (bicyclic) bond motifs is 1. The summed E-state index contributed by atoms with van der Waals surface area (Å²) in [6, 6.07) is 12.2. The fraction of sp³-hybridized carbons (Fsp3) is 0.125. The lowest BCUT2D eigenvalue weighted by Crippen LogP contribution is -2.05. The van der Waals surface area contributed by atoms with Crippen molar-refractivity contribution in [1.82, 2.24) is 9.38 Å². The highest BCUT2D eigenvalue weighted by Crippen LogP contribution is 2.27. The summed E-state index contributed by atoms with van der Waals surface area (Å²) in [4.78, 5) is 15.5. The van der Waals surface area contributed by atoms with Gasteiger partial charge in [0, 0.05) is 0 Å². The smallest absolute Gasteiger partial charge is 0.356 e. The van der Waals surface area contributed by atoms with Gasteiger partial charge in [0.1, 0.15) is 12.4 Å². The van der Waals surface area contributed by atoms with E-state index in [1.807, 2.05) is 12.1 Å². The number of carbonyl (C=O) groups is 1. The maximum atomic E-state index is 11.3. The second-order valence-corrected chi connectivity index (χ2v) is 4.79. The monoisotopic (exact) mass is 313 g/mol. The molecule has 7 nitrogen and oxygen atoms in total. The maximum absolute atomic E-state index is 11.3. The number of carboxylic acids is 1. The number of nitrogens with two attached hydrogens (primary N) is 1. The number of methoxy groups -OCH3 is 1. The number of aromatic carboxylic acids is 1. The summed E-state index contributed by atoms with van der Waals surface area (Å²) in [6.45, 7) is 0.0586. The molecule has 0 saturated carbocycles. The minimum absolute atomic E-state index is 0.0586. The first-order valence-corrected chi connectivity index (χ1v) is 6.86. The maximum Gasteiger partial charge on any atom is 0.356 e. The zero-order valence-electron chi connectivity index (χ0n) is 12.4. The third-order valence-electron chi connectivity index (χ3n) is 3.39. The van der Waals surface area contributed by atoms with Crippen molar-refractivity contribution in [1.29, 1.82) is 0 Å². The van der Waals surface area contributed by atoms with Crippen LogP contribution in [-0.2, 0) is 6.61 Å². The minimum atomic E-state index is -1.11. The van der Waals surface area contributed by atoms with Gasteiger partial charge in [-0.15, -0.1) is 0 Å². The van der Waals surface area contributed by atoms with Gasteiger partial charge in [-0.25, -0.2) is 9.78 Å². The van der Waals surface area contributed by atoms with Crippen LogP contribution < -0.4 is 15.2 Å². The van der Waals surface area contributed by atoms with Crippen molar-refractivity contribution in [2.24, 2.45) is 0 Å². The standard InChI is InChI=1S/C16H15N3O4/c1-22-11-6-2-3-7-12(11)23-9-14-18-15(16(20)21)10-5-4-8-13(17)19(10)14/h2-8H,9,17H2,1H3,(H,20,21). The van der Waals surface area contributed by atoms with Gasteiger partial charge in [-0.2, -0.15) is 0 Å². The minimum Gasteiger partial charge on any atom is -0.493 e. The number of anilines is 1. The van der Waals surface area contributed by atoms with Gasteiger partial charge in [0.2, 0.25) is 0 Å². The Bertz CT molecular complexity index is 873. The van der Waals surface area contributed by atoms with Crippen molar-refractivity contribution in [3.05, 3.63) is 54.0 Å². The second kappa shape index (κ2) is 5.88. The van der Waals surface area contributed by atoms with Crippen molar-refractivity contribution in [2.75, 3.05) is 12.8 Å². The molecule has 118 valence electrons. The van der Waals surface area contributed by atoms with Gasteiger partial charge in [0.05, 0.1) is 12.6 Å². The zero-order valence-corrected chi connectivity index (χ0v) is 12.4. The van der Waals surface area contributed by atoms with E-state index in [4.69, 9.17) is 15.2 Å². The number of nitrogens with zero attached hydrogens (tertiary/aromatic N) is 2. The SMILES string of the molecule is COc1ccccc1OCc1nc(C(=O)O)c2cccc(N)n12. The number of aromatic nitrogens is 2. The number of pyridine rings is 1. The Kier molecular flexibility index (Phi) is 3.76. The largest absolute Gasteiger partial charge is 0.493 e. The number of nitrogen functional groups attached to an aromatic ring is 1. The number of benzene rings is 1. The highest BCUT2D eigenvalue weighted by atomic mass is 16.5. The third-order valence-corrected chi connectivity index (χ3v) is 3.39. The summed E-state index contributed by atoms with van der Waals surface area (Å²) in [5.74, 6) is 0.803. The molecule has 0 amide bonds. The molecule has 1 aromatic carbocycles. The van der Waals surface area contributed by atoms with Crippen molar-refractivity contribution in [2.45, 2.75) is 6.61 Å². The Morgan fingerprint density at radius 3 is 2.65 bits per heavy atom. The van der Waals surface area contributed by atoms with E-state index in [0.717, 1.165) is 0 Å². The molecule has 23 heavy (non-hydrogen) atoms. The van der Waals surface area contributed by atoms with Gasteiger partial charge in [-0.05, 0) is 24.3 Å². The van der Waals surface area contributed by atoms with E-state index in [9.17, 15) is 9.90 Å². The van der Waals surface area contributed by atoms with Crippen LogP contribution in [0.3, 0.4) is 0 Å². The fourth-order valence-electron chi connectivity index (χ4n) is 2.37. The Morgan fingerprint density at radius 2 is 1.96 bits per heavy atom. The first kappa shape index (κ1) is 14.7. The van der Waals surface area contributed by atoms with Crippen LogP contribution in [0, 0.1) is 0 Å². The molecule has 0 bridgehead atoms. The van der Waals surface area contributed by atoms with Crippen molar-refractivity contribution in [3.8, 4) is 11.5 Å². The summed E-state index contributed by atoms with van der Waals surface area (Å²) in [6.07, 6.45) is 0. The first-order chi connectivity index (χ1) is 11.1.